The summed E-state index contributed by atoms with van der Waals surface area (Å²) >= 11 is 0. The molecule has 0 amide bonds. The van der Waals surface area contributed by atoms with E-state index >= 15 is 0 Å². The highest BCUT2D eigenvalue weighted by atomic mass is 16.3. The second-order valence-electron chi connectivity index (χ2n) is 1.13. The van der Waals surface area contributed by atoms with Gasteiger partial charge in [-0.3, -0.25) is 0 Å². The molecule has 1 aromatic rings. The lowest BCUT2D eigenvalue weighted by molar-refractivity contribution is 0.565. The first-order chi connectivity index (χ1) is 3.43. The number of hydrogen-bond acceptors (Lipinski definition) is 1. The van der Waals surface area contributed by atoms with Gasteiger partial charge in [-0.1, -0.05) is 0 Å². The molecule has 1 nitrogen and oxygen atoms in total. The molecule has 0 bridgehead atoms. The van der Waals surface area contributed by atoms with Crippen molar-refractivity contribution < 1.29 is 5.79 Å². The maximum Gasteiger partial charge on any atom is 0.0931 e. The van der Waals surface area contributed by atoms with Crippen molar-refractivity contribution in [3.8, 4) is 0 Å². The predicted molar refractivity (Wildman–Crippen MR) is 23.4 cm³/mol. The Labute approximate surface area is 38.0 Å². The zero-order valence-corrected chi connectivity index (χ0v) is 3.35. The average Bonchev–Trinajstić information content (AvgIpc) is 2.14. The van der Waals surface area contributed by atoms with E-state index in [-0.39, 0.29) is 0 Å². The lowest BCUT2D eigenvalue weighted by atomic mass is 10.4. The maximum absolute atomic E-state index is 6.80. The summed E-state index contributed by atoms with van der Waals surface area (Å²) in [5.74, 6) is 0. The van der Waals surface area contributed by atoms with Crippen molar-refractivity contribution in [2.45, 2.75) is 6.90 Å². The molecule has 0 atom stereocenters. The summed E-state index contributed by atoms with van der Waals surface area (Å²) in [5.41, 5.74) is 0.931. The molecule has 32 valence electrons. The summed E-state index contributed by atoms with van der Waals surface area (Å²) in [4.78, 5) is 0. The normalized spacial score (nSPS) is 11.0. The Kier molecular flexibility index (Phi) is 0.477. The third-order valence-electron chi connectivity index (χ3n) is 0.580. The molecule has 0 radical (unpaired) electrons. The third-order valence-corrected chi connectivity index (χ3v) is 0.580. The number of hydrogen-bond donors (Lipinski definition) is 0. The predicted octanol–water partition coefficient (Wildman–Crippen LogP) is 1.59. The monoisotopic (exact) mass is 83.0 g/mol. The second-order valence-corrected chi connectivity index (χ2v) is 1.13. The molecule has 0 aromatic carbocycles. The van der Waals surface area contributed by atoms with Crippen LogP contribution in [0.15, 0.2) is 23.0 Å². The molecule has 1 heteroatoms. The van der Waals surface area contributed by atoms with Crippen molar-refractivity contribution in [3.05, 3.63) is 24.2 Å². The summed E-state index contributed by atoms with van der Waals surface area (Å²) in [6.07, 6.45) is 3.15. The molecule has 0 aliphatic heterocycles. The molecule has 1 aromatic heterocycles. The van der Waals surface area contributed by atoms with E-state index in [0.717, 1.165) is 5.56 Å². The first kappa shape index (κ1) is 2.45. The lowest BCUT2D eigenvalue weighted by Crippen LogP contribution is -1.48. The standard InChI is InChI=1S/C5H6O/c1-5-2-3-6-4-5/h2-4H,1H3/i1D. The maximum atomic E-state index is 6.80. The van der Waals surface area contributed by atoms with E-state index in [2.05, 4.69) is 4.42 Å². The topological polar surface area (TPSA) is 13.1 Å². The zero-order chi connectivity index (χ0) is 5.11. The largest absolute Gasteiger partial charge is 0.472 e. The van der Waals surface area contributed by atoms with E-state index in [1.807, 2.05) is 0 Å². The molecule has 0 spiro atoms. The van der Waals surface area contributed by atoms with Gasteiger partial charge in [0.15, 0.2) is 0 Å². The highest BCUT2D eigenvalue weighted by molar-refractivity contribution is 5.00. The molecule has 0 unspecified atom stereocenters. The number of rotatable bonds is 0. The van der Waals surface area contributed by atoms with Crippen molar-refractivity contribution in [1.29, 1.82) is 0 Å². The summed E-state index contributed by atoms with van der Waals surface area (Å²) in [7, 11) is 0. The van der Waals surface area contributed by atoms with Gasteiger partial charge in [0, 0.05) is 1.37 Å². The van der Waals surface area contributed by atoms with Crippen molar-refractivity contribution >= 4 is 0 Å². The van der Waals surface area contributed by atoms with Crippen molar-refractivity contribution in [3.63, 3.8) is 0 Å². The smallest absolute Gasteiger partial charge is 0.0931 e. The molecule has 0 N–H and O–H groups in total. The van der Waals surface area contributed by atoms with Gasteiger partial charge in [0.25, 0.3) is 0 Å². The summed E-state index contributed by atoms with van der Waals surface area (Å²) < 4.78 is 11.5. The van der Waals surface area contributed by atoms with Crippen LogP contribution in [0.1, 0.15) is 6.93 Å². The van der Waals surface area contributed by atoms with Gasteiger partial charge in [-0.05, 0) is 18.5 Å². The molecule has 0 aliphatic rings. The summed E-state index contributed by atoms with van der Waals surface area (Å²) in [6, 6.07) is 1.78. The van der Waals surface area contributed by atoms with E-state index in [4.69, 9.17) is 1.37 Å². The van der Waals surface area contributed by atoms with Crippen LogP contribution in [0, 0.1) is 6.90 Å². The second kappa shape index (κ2) is 1.17. The number of aryl methyl sites for hydroxylation is 1. The van der Waals surface area contributed by atoms with Gasteiger partial charge in [-0.25, -0.2) is 0 Å². The van der Waals surface area contributed by atoms with Gasteiger partial charge in [0.1, 0.15) is 0 Å². The Bertz CT molecular complexity index is 123. The first-order valence-corrected chi connectivity index (χ1v) is 1.74. The molecule has 0 saturated heterocycles. The lowest BCUT2D eigenvalue weighted by Gasteiger charge is -1.63. The van der Waals surface area contributed by atoms with E-state index in [1.54, 1.807) is 18.6 Å². The Morgan fingerprint density at radius 2 is 3.00 bits per heavy atom. The fourth-order valence-electron chi connectivity index (χ4n) is 0.293. The Hall–Kier alpha value is -0.720. The Balaban J connectivity index is 2.76. The molecule has 1 rings (SSSR count). The van der Waals surface area contributed by atoms with E-state index in [9.17, 15) is 0 Å². The Morgan fingerprint density at radius 3 is 3.33 bits per heavy atom. The van der Waals surface area contributed by atoms with Gasteiger partial charge in [0.2, 0.25) is 0 Å². The van der Waals surface area contributed by atoms with E-state index < -0.39 is 0 Å². The minimum atomic E-state index is 0.316. The molecular formula is C5H6O. The van der Waals surface area contributed by atoms with Crippen molar-refractivity contribution in [2.75, 3.05) is 0 Å². The fourth-order valence-corrected chi connectivity index (χ4v) is 0.293. The van der Waals surface area contributed by atoms with Crippen molar-refractivity contribution in [1.82, 2.24) is 0 Å². The SMILES string of the molecule is [2H]Cc1ccoc1. The van der Waals surface area contributed by atoms with Crippen LogP contribution in [-0.2, 0) is 0 Å². The van der Waals surface area contributed by atoms with Gasteiger partial charge in [-0.15, -0.1) is 0 Å². The molecule has 0 saturated carbocycles. The first-order valence-electron chi connectivity index (χ1n) is 2.44. The minimum absolute atomic E-state index is 0.316. The highest BCUT2D eigenvalue weighted by Gasteiger charge is 1.75. The van der Waals surface area contributed by atoms with Crippen LogP contribution >= 0.6 is 0 Å². The molecule has 1 heterocycles. The van der Waals surface area contributed by atoms with Gasteiger partial charge in [0.05, 0.1) is 12.5 Å². The van der Waals surface area contributed by atoms with Crippen LogP contribution in [0.25, 0.3) is 0 Å². The van der Waals surface area contributed by atoms with Gasteiger partial charge < -0.3 is 4.42 Å². The third kappa shape index (κ3) is 0.432. The Morgan fingerprint density at radius 1 is 2.00 bits per heavy atom. The van der Waals surface area contributed by atoms with E-state index in [0.29, 0.717) is 6.90 Å². The average molecular weight is 83.1 g/mol. The number of furan rings is 1. The quantitative estimate of drug-likeness (QED) is 0.464. The molecular weight excluding hydrogens is 76.1 g/mol. The zero-order valence-electron chi connectivity index (χ0n) is 4.35. The van der Waals surface area contributed by atoms with Crippen LogP contribution in [0.3, 0.4) is 0 Å². The fraction of sp³-hybridized carbons (Fsp3) is 0.200. The highest BCUT2D eigenvalue weighted by Crippen LogP contribution is 1.93. The van der Waals surface area contributed by atoms with Crippen LogP contribution in [0.2, 0.25) is 0 Å². The molecule has 0 fully saturated rings. The molecule has 6 heavy (non-hydrogen) atoms. The minimum Gasteiger partial charge on any atom is -0.472 e. The van der Waals surface area contributed by atoms with Crippen LogP contribution in [0.5, 0.6) is 0 Å². The molecule has 0 aliphatic carbocycles. The van der Waals surface area contributed by atoms with Crippen LogP contribution < -0.4 is 0 Å². The summed E-state index contributed by atoms with van der Waals surface area (Å²) in [5, 5.41) is 0. The van der Waals surface area contributed by atoms with E-state index in [1.165, 1.54) is 0 Å². The van der Waals surface area contributed by atoms with Crippen molar-refractivity contribution in [2.24, 2.45) is 0 Å². The summed E-state index contributed by atoms with van der Waals surface area (Å²) in [6.45, 7) is 0.316. The van der Waals surface area contributed by atoms with Crippen LogP contribution in [-0.4, -0.2) is 0 Å². The van der Waals surface area contributed by atoms with Crippen LogP contribution in [0.4, 0.5) is 0 Å². The van der Waals surface area contributed by atoms with Gasteiger partial charge in [-0.2, -0.15) is 0 Å². The van der Waals surface area contributed by atoms with Gasteiger partial charge >= 0.3 is 0 Å².